The van der Waals surface area contributed by atoms with Crippen LogP contribution in [0.2, 0.25) is 0 Å². The summed E-state index contributed by atoms with van der Waals surface area (Å²) in [5, 5.41) is 11.2. The summed E-state index contributed by atoms with van der Waals surface area (Å²) in [7, 11) is 0. The van der Waals surface area contributed by atoms with Crippen LogP contribution < -0.4 is 10.2 Å². The fourth-order valence-electron chi connectivity index (χ4n) is 5.34. The molecule has 6 rings (SSSR count). The van der Waals surface area contributed by atoms with Crippen molar-refractivity contribution in [1.29, 1.82) is 0 Å². The second kappa shape index (κ2) is 7.21. The highest BCUT2D eigenvalue weighted by atomic mass is 16.2. The molecule has 2 aliphatic heterocycles. The number of rotatable bonds is 5. The van der Waals surface area contributed by atoms with Crippen LogP contribution in [0.3, 0.4) is 0 Å². The first-order valence-corrected chi connectivity index (χ1v) is 11.9. The van der Waals surface area contributed by atoms with E-state index in [4.69, 9.17) is 9.97 Å². The molecule has 8 heteroatoms. The Hall–Kier alpha value is -2.64. The van der Waals surface area contributed by atoms with Crippen LogP contribution in [0.4, 0.5) is 17.6 Å². The molecule has 2 saturated heterocycles. The van der Waals surface area contributed by atoms with Gasteiger partial charge in [0.25, 0.3) is 0 Å². The number of hydrogen-bond acceptors (Lipinski definition) is 6. The number of nitrogens with zero attached hydrogens (tertiary/aromatic N) is 5. The Bertz CT molecular complexity index is 1010. The Kier molecular flexibility index (Phi) is 4.43. The third-order valence-corrected chi connectivity index (χ3v) is 7.61. The molecule has 0 spiro atoms. The van der Waals surface area contributed by atoms with Crippen LogP contribution in [0.25, 0.3) is 0 Å². The van der Waals surface area contributed by atoms with E-state index < -0.39 is 0 Å². The minimum Gasteiger partial charge on any atom is -0.341 e. The number of nitrogens with one attached hydrogen (secondary N) is 2. The number of hydrogen-bond donors (Lipinski definition) is 2. The molecule has 2 aromatic heterocycles. The molecule has 31 heavy (non-hydrogen) atoms. The Morgan fingerprint density at radius 3 is 2.77 bits per heavy atom. The van der Waals surface area contributed by atoms with Crippen molar-refractivity contribution in [2.75, 3.05) is 29.9 Å². The lowest BCUT2D eigenvalue weighted by molar-refractivity contribution is -0.131. The number of carbonyl (C=O) groups excluding carboxylic acids is 1. The van der Waals surface area contributed by atoms with Crippen molar-refractivity contribution in [2.45, 2.75) is 76.2 Å². The van der Waals surface area contributed by atoms with Crippen molar-refractivity contribution in [1.82, 2.24) is 25.1 Å². The van der Waals surface area contributed by atoms with E-state index in [1.807, 2.05) is 4.90 Å². The second-order valence-electron chi connectivity index (χ2n) is 9.89. The van der Waals surface area contributed by atoms with E-state index in [0.29, 0.717) is 5.95 Å². The normalized spacial score (nSPS) is 24.0. The SMILES string of the molecule is CC1(c2cc(Nc3nc(N4CCCC4C(=O)N4CCCC4)nc4c3CCC4)n[nH]2)CC1. The molecule has 0 radical (unpaired) electrons. The molecule has 8 nitrogen and oxygen atoms in total. The van der Waals surface area contributed by atoms with Gasteiger partial charge in [-0.3, -0.25) is 9.89 Å². The molecule has 2 aliphatic carbocycles. The van der Waals surface area contributed by atoms with Gasteiger partial charge in [0.1, 0.15) is 11.9 Å². The average Bonchev–Trinajstić information content (AvgIpc) is 3.38. The third-order valence-electron chi connectivity index (χ3n) is 7.61. The maximum Gasteiger partial charge on any atom is 0.245 e. The van der Waals surface area contributed by atoms with Crippen LogP contribution in [0.1, 0.15) is 68.8 Å². The van der Waals surface area contributed by atoms with Crippen LogP contribution in [-0.2, 0) is 23.1 Å². The zero-order valence-corrected chi connectivity index (χ0v) is 18.3. The van der Waals surface area contributed by atoms with E-state index in [2.05, 4.69) is 33.4 Å². The second-order valence-corrected chi connectivity index (χ2v) is 9.89. The molecule has 164 valence electrons. The van der Waals surface area contributed by atoms with Gasteiger partial charge in [-0.2, -0.15) is 10.1 Å². The van der Waals surface area contributed by atoms with Gasteiger partial charge in [0.15, 0.2) is 5.82 Å². The highest BCUT2D eigenvalue weighted by molar-refractivity contribution is 5.85. The first kappa shape index (κ1) is 19.1. The number of H-pyrrole nitrogens is 1. The molecule has 0 aromatic carbocycles. The van der Waals surface area contributed by atoms with Crippen molar-refractivity contribution in [3.8, 4) is 0 Å². The highest BCUT2D eigenvalue weighted by Crippen LogP contribution is 2.47. The first-order chi connectivity index (χ1) is 15.1. The van der Waals surface area contributed by atoms with Crippen LogP contribution in [0.5, 0.6) is 0 Å². The minimum absolute atomic E-state index is 0.128. The molecular formula is C23H31N7O. The summed E-state index contributed by atoms with van der Waals surface area (Å²) in [6, 6.07) is 1.99. The van der Waals surface area contributed by atoms with Crippen molar-refractivity contribution in [3.63, 3.8) is 0 Å². The van der Waals surface area contributed by atoms with Crippen molar-refractivity contribution in [2.24, 2.45) is 0 Å². The monoisotopic (exact) mass is 421 g/mol. The number of aromatic amines is 1. The Morgan fingerprint density at radius 1 is 1.13 bits per heavy atom. The van der Waals surface area contributed by atoms with E-state index in [1.54, 1.807) is 0 Å². The van der Waals surface area contributed by atoms with Gasteiger partial charge in [-0.1, -0.05) is 6.92 Å². The summed E-state index contributed by atoms with van der Waals surface area (Å²) in [4.78, 5) is 27.2. The largest absolute Gasteiger partial charge is 0.341 e. The van der Waals surface area contributed by atoms with Gasteiger partial charge in [-0.15, -0.1) is 0 Å². The lowest BCUT2D eigenvalue weighted by Gasteiger charge is -2.28. The van der Waals surface area contributed by atoms with E-state index in [-0.39, 0.29) is 17.4 Å². The summed E-state index contributed by atoms with van der Waals surface area (Å²) in [6.45, 7) is 4.89. The number of aryl methyl sites for hydroxylation is 1. The zero-order chi connectivity index (χ0) is 21.0. The maximum absolute atomic E-state index is 13.1. The Labute approximate surface area is 182 Å². The molecule has 4 aliphatic rings. The third kappa shape index (κ3) is 3.36. The summed E-state index contributed by atoms with van der Waals surface area (Å²) < 4.78 is 0. The lowest BCUT2D eigenvalue weighted by Crippen LogP contribution is -2.45. The Morgan fingerprint density at radius 2 is 1.97 bits per heavy atom. The zero-order valence-electron chi connectivity index (χ0n) is 18.3. The summed E-state index contributed by atoms with van der Waals surface area (Å²) >= 11 is 0. The number of aromatic nitrogens is 4. The van der Waals surface area contributed by atoms with Crippen molar-refractivity contribution >= 4 is 23.5 Å². The number of carbonyl (C=O) groups is 1. The number of anilines is 3. The first-order valence-electron chi connectivity index (χ1n) is 11.9. The van der Waals surface area contributed by atoms with Crippen LogP contribution >= 0.6 is 0 Å². The fourth-order valence-corrected chi connectivity index (χ4v) is 5.34. The average molecular weight is 422 g/mol. The number of likely N-dealkylation sites (tertiary alicyclic amines) is 1. The molecule has 3 fully saturated rings. The van der Waals surface area contributed by atoms with Gasteiger partial charge < -0.3 is 15.1 Å². The summed E-state index contributed by atoms with van der Waals surface area (Å²) in [5.74, 6) is 2.62. The van der Waals surface area contributed by atoms with Crippen LogP contribution in [-0.4, -0.2) is 56.6 Å². The van der Waals surface area contributed by atoms with Crippen molar-refractivity contribution in [3.05, 3.63) is 23.0 Å². The molecule has 1 unspecified atom stereocenters. The van der Waals surface area contributed by atoms with Gasteiger partial charge in [0, 0.05) is 42.4 Å². The summed E-state index contributed by atoms with van der Waals surface area (Å²) in [6.07, 6.45) is 9.62. The predicted octanol–water partition coefficient (Wildman–Crippen LogP) is 3.07. The van der Waals surface area contributed by atoms with Crippen LogP contribution in [0.15, 0.2) is 6.07 Å². The molecule has 4 heterocycles. The van der Waals surface area contributed by atoms with Gasteiger partial charge in [0.2, 0.25) is 11.9 Å². The quantitative estimate of drug-likeness (QED) is 0.771. The topological polar surface area (TPSA) is 90.0 Å². The van der Waals surface area contributed by atoms with Crippen LogP contribution in [0, 0.1) is 0 Å². The number of fused-ring (bicyclic) bond motifs is 1. The van der Waals surface area contributed by atoms with E-state index >= 15 is 0 Å². The molecule has 1 amide bonds. The van der Waals surface area contributed by atoms with Gasteiger partial charge in [-0.05, 0) is 57.8 Å². The van der Waals surface area contributed by atoms with Gasteiger partial charge in [0.05, 0.1) is 5.69 Å². The molecule has 2 N–H and O–H groups in total. The molecule has 1 saturated carbocycles. The van der Waals surface area contributed by atoms with Gasteiger partial charge >= 0.3 is 0 Å². The smallest absolute Gasteiger partial charge is 0.245 e. The molecule has 1 atom stereocenters. The lowest BCUT2D eigenvalue weighted by atomic mass is 10.1. The molecule has 0 bridgehead atoms. The highest BCUT2D eigenvalue weighted by Gasteiger charge is 2.41. The predicted molar refractivity (Wildman–Crippen MR) is 119 cm³/mol. The standard InChI is InChI=1S/C23H31N7O/c1-23(9-10-23)18-14-19(28-27-18)25-20-15-6-4-7-16(15)24-22(26-20)30-13-5-8-17(30)21(31)29-11-2-3-12-29/h14,17H,2-13H2,1H3,(H2,24,25,26,27,28). The van der Waals surface area contributed by atoms with E-state index in [0.717, 1.165) is 81.9 Å². The molecule has 2 aromatic rings. The summed E-state index contributed by atoms with van der Waals surface area (Å²) in [5.41, 5.74) is 3.77. The maximum atomic E-state index is 13.1. The van der Waals surface area contributed by atoms with E-state index in [9.17, 15) is 4.79 Å². The Balaban J connectivity index is 1.29. The number of amides is 1. The fraction of sp³-hybridized carbons (Fsp3) is 0.652. The molecular weight excluding hydrogens is 390 g/mol. The van der Waals surface area contributed by atoms with Crippen molar-refractivity contribution < 1.29 is 4.79 Å². The van der Waals surface area contributed by atoms with E-state index in [1.165, 1.54) is 24.1 Å². The minimum atomic E-state index is -0.128. The van der Waals surface area contributed by atoms with Gasteiger partial charge in [-0.25, -0.2) is 4.98 Å².